The van der Waals surface area contributed by atoms with Crippen LogP contribution in [-0.2, 0) is 16.2 Å². The van der Waals surface area contributed by atoms with E-state index in [1.54, 1.807) is 6.92 Å². The van der Waals surface area contributed by atoms with E-state index in [4.69, 9.17) is 5.73 Å². The van der Waals surface area contributed by atoms with Crippen LogP contribution < -0.4 is 11.1 Å². The van der Waals surface area contributed by atoms with Crippen LogP contribution in [0.3, 0.4) is 0 Å². The zero-order valence-corrected chi connectivity index (χ0v) is 18.5. The van der Waals surface area contributed by atoms with Gasteiger partial charge in [-0.15, -0.1) is 16.4 Å². The molecule has 1 saturated heterocycles. The van der Waals surface area contributed by atoms with Crippen molar-refractivity contribution in [3.8, 4) is 0 Å². The summed E-state index contributed by atoms with van der Waals surface area (Å²) in [6.07, 6.45) is -4.55. The first kappa shape index (κ1) is 22.4. The van der Waals surface area contributed by atoms with Crippen LogP contribution in [0.5, 0.6) is 0 Å². The van der Waals surface area contributed by atoms with Gasteiger partial charge in [0.2, 0.25) is 10.0 Å². The monoisotopic (exact) mass is 485 g/mol. The van der Waals surface area contributed by atoms with Crippen LogP contribution in [0.25, 0.3) is 10.2 Å². The van der Waals surface area contributed by atoms with Crippen LogP contribution >= 0.6 is 11.3 Å². The number of hydrogen-bond acceptors (Lipinski definition) is 7. The third-order valence-corrected chi connectivity index (χ3v) is 8.28. The average Bonchev–Trinajstić information content (AvgIpc) is 3.03. The molecule has 13 heteroatoms. The molecule has 0 saturated carbocycles. The minimum atomic E-state index is -4.55. The Labute approximate surface area is 185 Å². The van der Waals surface area contributed by atoms with Gasteiger partial charge in [-0.2, -0.15) is 22.6 Å². The Morgan fingerprint density at radius 1 is 1.19 bits per heavy atom. The number of nitrogens with zero attached hydrogens (tertiary/aromatic N) is 3. The van der Waals surface area contributed by atoms with Crippen LogP contribution in [-0.4, -0.2) is 48.0 Å². The minimum Gasteiger partial charge on any atom is -0.397 e. The van der Waals surface area contributed by atoms with E-state index in [0.29, 0.717) is 21.6 Å². The molecule has 0 atom stereocenters. The maximum atomic E-state index is 12.7. The highest BCUT2D eigenvalue weighted by Gasteiger charge is 2.38. The summed E-state index contributed by atoms with van der Waals surface area (Å²) in [6, 6.07) is 2.84. The molecule has 2 aromatic heterocycles. The molecule has 0 aliphatic carbocycles. The summed E-state index contributed by atoms with van der Waals surface area (Å²) < 4.78 is 64.4. The predicted molar refractivity (Wildman–Crippen MR) is 113 cm³/mol. The van der Waals surface area contributed by atoms with Gasteiger partial charge in [-0.1, -0.05) is 0 Å². The van der Waals surface area contributed by atoms with Gasteiger partial charge in [0, 0.05) is 18.5 Å². The molecule has 0 spiro atoms. The van der Waals surface area contributed by atoms with Crippen molar-refractivity contribution in [1.82, 2.24) is 19.8 Å². The molecule has 4 rings (SSSR count). The van der Waals surface area contributed by atoms with E-state index in [9.17, 15) is 26.4 Å². The number of halogens is 3. The number of anilines is 1. The number of fused-ring (bicyclic) bond motifs is 1. The SMILES string of the molecule is Cc1nnc2sc(C(=O)NC3CN(S(=O)(=O)c4ccc(C(F)(F)F)cc4)C3)c(N)c2c1C. The zero-order valence-electron chi connectivity index (χ0n) is 16.9. The number of carbonyl (C=O) groups is 1. The molecule has 1 fully saturated rings. The Balaban J connectivity index is 1.44. The van der Waals surface area contributed by atoms with Crippen molar-refractivity contribution in [3.63, 3.8) is 0 Å². The molecule has 170 valence electrons. The highest BCUT2D eigenvalue weighted by molar-refractivity contribution is 7.89. The van der Waals surface area contributed by atoms with Gasteiger partial charge in [0.1, 0.15) is 9.71 Å². The smallest absolute Gasteiger partial charge is 0.397 e. The van der Waals surface area contributed by atoms with Gasteiger partial charge in [-0.25, -0.2) is 8.42 Å². The molecule has 1 aromatic carbocycles. The molecule has 8 nitrogen and oxygen atoms in total. The van der Waals surface area contributed by atoms with E-state index in [2.05, 4.69) is 15.5 Å². The fraction of sp³-hybridized carbons (Fsp3) is 0.316. The van der Waals surface area contributed by atoms with Gasteiger partial charge in [0.15, 0.2) is 0 Å². The number of sulfonamides is 1. The van der Waals surface area contributed by atoms with Crippen molar-refractivity contribution in [2.24, 2.45) is 0 Å². The average molecular weight is 486 g/mol. The molecule has 0 radical (unpaired) electrons. The Bertz CT molecular complexity index is 1310. The third kappa shape index (κ3) is 3.80. The van der Waals surface area contributed by atoms with Crippen molar-refractivity contribution < 1.29 is 26.4 Å². The number of hydrogen-bond donors (Lipinski definition) is 2. The molecular weight excluding hydrogens is 467 g/mol. The van der Waals surface area contributed by atoms with E-state index in [1.165, 1.54) is 0 Å². The van der Waals surface area contributed by atoms with E-state index >= 15 is 0 Å². The number of alkyl halides is 3. The fourth-order valence-electron chi connectivity index (χ4n) is 3.35. The number of carbonyl (C=O) groups excluding carboxylic acids is 1. The molecule has 3 aromatic rings. The molecular formula is C19H18F3N5O3S2. The lowest BCUT2D eigenvalue weighted by molar-refractivity contribution is -0.137. The summed E-state index contributed by atoms with van der Waals surface area (Å²) in [5, 5.41) is 11.5. The Morgan fingerprint density at radius 2 is 1.81 bits per heavy atom. The van der Waals surface area contributed by atoms with Gasteiger partial charge in [-0.3, -0.25) is 4.79 Å². The van der Waals surface area contributed by atoms with Gasteiger partial charge in [0.25, 0.3) is 5.91 Å². The number of amides is 1. The largest absolute Gasteiger partial charge is 0.416 e. The first-order chi connectivity index (χ1) is 14.9. The minimum absolute atomic E-state index is 0.00215. The summed E-state index contributed by atoms with van der Waals surface area (Å²) in [4.78, 5) is 13.3. The second-order valence-corrected chi connectivity index (χ2v) is 10.4. The molecule has 3 heterocycles. The number of benzene rings is 1. The lowest BCUT2D eigenvalue weighted by Crippen LogP contribution is -2.60. The number of nitrogens with two attached hydrogens (primary N) is 1. The van der Waals surface area contributed by atoms with E-state index in [0.717, 1.165) is 45.5 Å². The lowest BCUT2D eigenvalue weighted by Gasteiger charge is -2.38. The van der Waals surface area contributed by atoms with E-state index in [1.807, 2.05) is 6.92 Å². The third-order valence-electron chi connectivity index (χ3n) is 5.34. The Kier molecular flexibility index (Phi) is 5.38. The Hall–Kier alpha value is -2.77. The highest BCUT2D eigenvalue weighted by Crippen LogP contribution is 2.35. The van der Waals surface area contributed by atoms with Crippen LogP contribution in [0, 0.1) is 13.8 Å². The number of thiophene rings is 1. The molecule has 0 unspecified atom stereocenters. The van der Waals surface area contributed by atoms with Crippen molar-refractivity contribution in [2.45, 2.75) is 31.0 Å². The van der Waals surface area contributed by atoms with Crippen LogP contribution in [0.15, 0.2) is 29.2 Å². The summed E-state index contributed by atoms with van der Waals surface area (Å²) in [7, 11) is -3.96. The van der Waals surface area contributed by atoms with E-state index in [-0.39, 0.29) is 22.9 Å². The normalized spacial score (nSPS) is 15.7. The number of aromatic nitrogens is 2. The maximum absolute atomic E-state index is 12.7. The standard InChI is InChI=1S/C19H18F3N5O3S2/c1-9-10(2)25-26-18-14(9)15(23)16(31-18)17(28)24-12-7-27(8-12)32(29,30)13-5-3-11(4-6-13)19(20,21)22/h3-6,12H,7-8,23H2,1-2H3,(H,24,28). The zero-order chi connectivity index (χ0) is 23.4. The summed E-state index contributed by atoms with van der Waals surface area (Å²) in [5.41, 5.74) is 7.06. The van der Waals surface area contributed by atoms with Gasteiger partial charge >= 0.3 is 6.18 Å². The second-order valence-electron chi connectivity index (χ2n) is 7.45. The van der Waals surface area contributed by atoms with Crippen molar-refractivity contribution >= 4 is 43.2 Å². The van der Waals surface area contributed by atoms with Crippen LogP contribution in [0.2, 0.25) is 0 Å². The topological polar surface area (TPSA) is 118 Å². The summed E-state index contributed by atoms with van der Waals surface area (Å²) in [5.74, 6) is -0.445. The van der Waals surface area contributed by atoms with Crippen molar-refractivity contribution in [3.05, 3.63) is 46.0 Å². The fourth-order valence-corrected chi connectivity index (χ4v) is 5.89. The van der Waals surface area contributed by atoms with Crippen molar-refractivity contribution in [1.29, 1.82) is 0 Å². The quantitative estimate of drug-likeness (QED) is 0.587. The van der Waals surface area contributed by atoms with Crippen LogP contribution in [0.1, 0.15) is 26.5 Å². The molecule has 1 aliphatic heterocycles. The number of rotatable bonds is 4. The molecule has 32 heavy (non-hydrogen) atoms. The first-order valence-corrected chi connectivity index (χ1v) is 11.7. The summed E-state index contributed by atoms with van der Waals surface area (Å²) in [6.45, 7) is 3.63. The van der Waals surface area contributed by atoms with Gasteiger partial charge in [0.05, 0.1) is 27.9 Å². The lowest BCUT2D eigenvalue weighted by atomic mass is 10.1. The number of aryl methyl sites for hydroxylation is 2. The van der Waals surface area contributed by atoms with Gasteiger partial charge in [-0.05, 0) is 43.7 Å². The predicted octanol–water partition coefficient (Wildman–Crippen LogP) is 2.71. The van der Waals surface area contributed by atoms with Crippen LogP contribution in [0.4, 0.5) is 18.9 Å². The molecule has 1 aliphatic rings. The molecule has 1 amide bonds. The highest BCUT2D eigenvalue weighted by atomic mass is 32.2. The van der Waals surface area contributed by atoms with Gasteiger partial charge < -0.3 is 11.1 Å². The maximum Gasteiger partial charge on any atom is 0.416 e. The first-order valence-electron chi connectivity index (χ1n) is 9.39. The summed E-state index contributed by atoms with van der Waals surface area (Å²) >= 11 is 1.10. The Morgan fingerprint density at radius 3 is 2.41 bits per heavy atom. The second kappa shape index (κ2) is 7.67. The number of nitrogen functional groups attached to an aromatic ring is 1. The van der Waals surface area contributed by atoms with Crippen molar-refractivity contribution in [2.75, 3.05) is 18.8 Å². The van der Waals surface area contributed by atoms with E-state index < -0.39 is 33.7 Å². The molecule has 3 N–H and O–H groups in total. The molecule has 0 bridgehead atoms. The number of nitrogens with one attached hydrogen (secondary N) is 1.